The lowest BCUT2D eigenvalue weighted by atomic mass is 9.64. The number of carbonyl (C=O) groups excluding carboxylic acids is 3. The molecule has 32 heavy (non-hydrogen) atoms. The van der Waals surface area contributed by atoms with E-state index in [1.165, 1.54) is 16.7 Å². The highest BCUT2D eigenvalue weighted by Crippen LogP contribution is 2.44. The van der Waals surface area contributed by atoms with Crippen LogP contribution in [-0.4, -0.2) is 33.3 Å². The number of terminal acetylenes is 1. The van der Waals surface area contributed by atoms with Gasteiger partial charge in [0.25, 0.3) is 5.91 Å². The summed E-state index contributed by atoms with van der Waals surface area (Å²) in [5, 5.41) is 21.1. The number of aliphatic hydroxyl groups excluding tert-OH is 1. The van der Waals surface area contributed by atoms with Gasteiger partial charge in [0.2, 0.25) is 11.6 Å². The lowest BCUT2D eigenvalue weighted by Gasteiger charge is -2.40. The molecule has 1 aliphatic rings. The quantitative estimate of drug-likeness (QED) is 0.412. The molecule has 0 saturated heterocycles. The molecule has 8 heteroatoms. The van der Waals surface area contributed by atoms with E-state index < -0.39 is 34.8 Å². The second-order valence-electron chi connectivity index (χ2n) is 8.17. The summed E-state index contributed by atoms with van der Waals surface area (Å²) in [6.07, 6.45) is 5.32. The Morgan fingerprint density at radius 2 is 2.00 bits per heavy atom. The zero-order chi connectivity index (χ0) is 23.8. The van der Waals surface area contributed by atoms with E-state index in [0.29, 0.717) is 11.3 Å². The Labute approximate surface area is 184 Å². The number of nitrogens with one attached hydrogen (secondary N) is 1. The number of ketones is 2. The van der Waals surface area contributed by atoms with Crippen molar-refractivity contribution >= 4 is 23.2 Å². The molecule has 2 N–H and O–H groups in total. The molecule has 1 aliphatic carbocycles. The van der Waals surface area contributed by atoms with Gasteiger partial charge in [-0.1, -0.05) is 5.92 Å². The molecule has 3 rings (SSSR count). The Hall–Kier alpha value is -3.75. The number of aromatic nitrogens is 1. The van der Waals surface area contributed by atoms with E-state index in [1.807, 2.05) is 0 Å². The number of carbonyl (C=O) groups is 3. The Balaban J connectivity index is 1.87. The van der Waals surface area contributed by atoms with Gasteiger partial charge < -0.3 is 15.0 Å². The molecule has 0 radical (unpaired) electrons. The number of halogens is 1. The van der Waals surface area contributed by atoms with E-state index in [2.05, 4.69) is 11.2 Å². The molecule has 1 aromatic heterocycles. The van der Waals surface area contributed by atoms with Crippen molar-refractivity contribution < 1.29 is 23.9 Å². The van der Waals surface area contributed by atoms with Crippen LogP contribution in [0.1, 0.15) is 56.9 Å². The highest BCUT2D eigenvalue weighted by molar-refractivity contribution is 6.44. The highest BCUT2D eigenvalue weighted by atomic mass is 19.1. The molecule has 0 aliphatic heterocycles. The fraction of sp³-hybridized carbons (Fsp3) is 0.333. The van der Waals surface area contributed by atoms with Crippen LogP contribution in [0.4, 0.5) is 10.1 Å². The standard InChI is InChI=1S/C24H22FN3O4/c1-5-24(9-17(29)10-24)11-19(30)22(31)20-13(2)21(28(4)14(20)3)23(32)27-16-6-7-18(25)15(8-16)12-26/h1,6-8,17,29H,9-11H2,2-4H3,(H,27,32). The summed E-state index contributed by atoms with van der Waals surface area (Å²) in [5.41, 5.74) is 0.239. The minimum absolute atomic E-state index is 0.131. The summed E-state index contributed by atoms with van der Waals surface area (Å²) in [5.74, 6) is -0.146. The van der Waals surface area contributed by atoms with Gasteiger partial charge in [-0.15, -0.1) is 6.42 Å². The van der Waals surface area contributed by atoms with Crippen LogP contribution in [0.25, 0.3) is 0 Å². The molecule has 1 heterocycles. The molecule has 0 spiro atoms. The predicted molar refractivity (Wildman–Crippen MR) is 114 cm³/mol. The summed E-state index contributed by atoms with van der Waals surface area (Å²) in [7, 11) is 1.59. The van der Waals surface area contributed by atoms with Crippen molar-refractivity contribution in [3.8, 4) is 18.4 Å². The van der Waals surface area contributed by atoms with Crippen molar-refractivity contribution in [1.29, 1.82) is 5.26 Å². The summed E-state index contributed by atoms with van der Waals surface area (Å²) < 4.78 is 15.0. The number of nitriles is 1. The number of hydrogen-bond acceptors (Lipinski definition) is 5. The van der Waals surface area contributed by atoms with Crippen LogP contribution in [-0.2, 0) is 11.8 Å². The Bertz CT molecular complexity index is 1220. The molecule has 1 fully saturated rings. The van der Waals surface area contributed by atoms with Gasteiger partial charge in [0.05, 0.1) is 17.2 Å². The molecule has 0 bridgehead atoms. The molecule has 7 nitrogen and oxygen atoms in total. The third-order valence-corrected chi connectivity index (χ3v) is 6.03. The van der Waals surface area contributed by atoms with E-state index >= 15 is 0 Å². The minimum atomic E-state index is -0.815. The maximum Gasteiger partial charge on any atom is 0.272 e. The normalized spacial score (nSPS) is 19.4. The van der Waals surface area contributed by atoms with Crippen LogP contribution in [0.5, 0.6) is 0 Å². The molecule has 164 valence electrons. The van der Waals surface area contributed by atoms with E-state index in [4.69, 9.17) is 11.7 Å². The predicted octanol–water partition coefficient (Wildman–Crippen LogP) is 2.82. The van der Waals surface area contributed by atoms with Crippen LogP contribution in [0.15, 0.2) is 18.2 Å². The van der Waals surface area contributed by atoms with Crippen molar-refractivity contribution in [3.63, 3.8) is 0 Å². The zero-order valence-electron chi connectivity index (χ0n) is 18.0. The van der Waals surface area contributed by atoms with Gasteiger partial charge in [0.15, 0.2) is 0 Å². The lowest BCUT2D eigenvalue weighted by molar-refractivity contribution is -0.119. The Kier molecular flexibility index (Phi) is 6.03. The van der Waals surface area contributed by atoms with Crippen LogP contribution in [0, 0.1) is 48.8 Å². The van der Waals surface area contributed by atoms with Gasteiger partial charge in [0, 0.05) is 30.3 Å². The van der Waals surface area contributed by atoms with Crippen LogP contribution in [0.3, 0.4) is 0 Å². The molecule has 1 saturated carbocycles. The van der Waals surface area contributed by atoms with Crippen molar-refractivity contribution in [1.82, 2.24) is 4.57 Å². The fourth-order valence-electron chi connectivity index (χ4n) is 4.20. The van der Waals surface area contributed by atoms with Crippen molar-refractivity contribution in [2.45, 2.75) is 39.2 Å². The smallest absolute Gasteiger partial charge is 0.272 e. The third kappa shape index (κ3) is 3.93. The highest BCUT2D eigenvalue weighted by Gasteiger charge is 2.45. The first kappa shape index (κ1) is 22.9. The molecular formula is C24H22FN3O4. The van der Waals surface area contributed by atoms with Crippen LogP contribution in [0.2, 0.25) is 0 Å². The number of hydrogen-bond donors (Lipinski definition) is 2. The van der Waals surface area contributed by atoms with Crippen molar-refractivity contribution in [2.24, 2.45) is 12.5 Å². The number of aliphatic hydroxyl groups is 1. The average Bonchev–Trinajstić information content (AvgIpc) is 2.95. The number of amides is 1. The molecule has 0 atom stereocenters. The first-order valence-electron chi connectivity index (χ1n) is 9.94. The first-order chi connectivity index (χ1) is 15.0. The number of nitrogens with zero attached hydrogens (tertiary/aromatic N) is 2. The second-order valence-corrected chi connectivity index (χ2v) is 8.17. The van der Waals surface area contributed by atoms with Gasteiger partial charge in [-0.25, -0.2) is 4.39 Å². The van der Waals surface area contributed by atoms with Gasteiger partial charge in [-0.3, -0.25) is 14.4 Å². The number of anilines is 1. The zero-order valence-corrected chi connectivity index (χ0v) is 18.0. The summed E-state index contributed by atoms with van der Waals surface area (Å²) in [6.45, 7) is 3.19. The molecular weight excluding hydrogens is 413 g/mol. The summed E-state index contributed by atoms with van der Waals surface area (Å²) >= 11 is 0. The van der Waals surface area contributed by atoms with E-state index in [1.54, 1.807) is 27.0 Å². The van der Waals surface area contributed by atoms with E-state index in [0.717, 1.165) is 6.07 Å². The minimum Gasteiger partial charge on any atom is -0.393 e. The maximum atomic E-state index is 13.5. The topological polar surface area (TPSA) is 112 Å². The number of rotatable bonds is 6. The fourth-order valence-corrected chi connectivity index (χ4v) is 4.20. The van der Waals surface area contributed by atoms with Gasteiger partial charge in [-0.2, -0.15) is 5.26 Å². The summed E-state index contributed by atoms with van der Waals surface area (Å²) in [6, 6.07) is 5.31. The molecule has 2 aromatic rings. The van der Waals surface area contributed by atoms with Gasteiger partial charge >= 0.3 is 0 Å². The molecule has 0 unspecified atom stereocenters. The average molecular weight is 435 g/mol. The SMILES string of the molecule is C#CC1(CC(=O)C(=O)c2c(C)c(C(=O)Nc3ccc(F)c(C#N)c3)n(C)c2C)CC(O)C1. The number of Topliss-reactive ketones (excluding diaryl/α,β-unsaturated/α-hetero) is 2. The second kappa shape index (κ2) is 8.41. The first-order valence-corrected chi connectivity index (χ1v) is 9.94. The van der Waals surface area contributed by atoms with Crippen LogP contribution < -0.4 is 5.32 Å². The largest absolute Gasteiger partial charge is 0.393 e. The van der Waals surface area contributed by atoms with Crippen molar-refractivity contribution in [3.05, 3.63) is 52.1 Å². The third-order valence-electron chi connectivity index (χ3n) is 6.03. The lowest BCUT2D eigenvalue weighted by Crippen LogP contribution is -2.42. The van der Waals surface area contributed by atoms with Gasteiger partial charge in [0.1, 0.15) is 17.6 Å². The van der Waals surface area contributed by atoms with E-state index in [-0.39, 0.29) is 41.8 Å². The van der Waals surface area contributed by atoms with Crippen LogP contribution >= 0.6 is 0 Å². The Morgan fingerprint density at radius 3 is 2.56 bits per heavy atom. The molecule has 1 aromatic carbocycles. The van der Waals surface area contributed by atoms with E-state index in [9.17, 15) is 23.9 Å². The number of benzene rings is 1. The monoisotopic (exact) mass is 435 g/mol. The van der Waals surface area contributed by atoms with Crippen molar-refractivity contribution in [2.75, 3.05) is 5.32 Å². The maximum absolute atomic E-state index is 13.5. The Morgan fingerprint density at radius 1 is 1.34 bits per heavy atom. The summed E-state index contributed by atoms with van der Waals surface area (Å²) in [4.78, 5) is 38.6. The van der Waals surface area contributed by atoms with Gasteiger partial charge in [-0.05, 0) is 50.5 Å². The molecule has 1 amide bonds.